The van der Waals surface area contributed by atoms with Gasteiger partial charge in [0.15, 0.2) is 0 Å². The second-order valence-corrected chi connectivity index (χ2v) is 3.93. The van der Waals surface area contributed by atoms with E-state index in [2.05, 4.69) is 5.32 Å². The Morgan fingerprint density at radius 1 is 1.37 bits per heavy atom. The molecule has 6 heteroatoms. The molecule has 0 aromatic heterocycles. The Kier molecular flexibility index (Phi) is 5.29. The van der Waals surface area contributed by atoms with Crippen molar-refractivity contribution in [2.45, 2.75) is 13.8 Å². The molecule has 2 amide bonds. The fourth-order valence-corrected chi connectivity index (χ4v) is 1.61. The van der Waals surface area contributed by atoms with E-state index in [4.69, 9.17) is 0 Å². The molecule has 1 aromatic rings. The number of rotatable bonds is 5. The maximum atomic E-state index is 12.9. The van der Waals surface area contributed by atoms with Crippen LogP contribution in [0.4, 0.5) is 4.39 Å². The standard InChI is InChI=1S/C13H17FN2O3/c1-3-15-12(18)8-16(4-2)13(19)10-6-5-9(14)7-11(10)17/h5-7,17H,3-4,8H2,1-2H3,(H,15,18). The lowest BCUT2D eigenvalue weighted by Crippen LogP contribution is -2.40. The SMILES string of the molecule is CCNC(=O)CN(CC)C(=O)c1ccc(F)cc1O. The van der Waals surface area contributed by atoms with Crippen molar-refractivity contribution in [2.75, 3.05) is 19.6 Å². The summed E-state index contributed by atoms with van der Waals surface area (Å²) in [6.07, 6.45) is 0. The molecule has 0 unspecified atom stereocenters. The summed E-state index contributed by atoms with van der Waals surface area (Å²) in [5.41, 5.74) is -0.0208. The van der Waals surface area contributed by atoms with Gasteiger partial charge in [-0.15, -0.1) is 0 Å². The van der Waals surface area contributed by atoms with Gasteiger partial charge in [0, 0.05) is 19.2 Å². The zero-order valence-corrected chi connectivity index (χ0v) is 10.9. The highest BCUT2D eigenvalue weighted by atomic mass is 19.1. The van der Waals surface area contributed by atoms with E-state index in [-0.39, 0.29) is 18.0 Å². The fraction of sp³-hybridized carbons (Fsp3) is 0.385. The molecule has 0 atom stereocenters. The molecule has 0 bridgehead atoms. The Morgan fingerprint density at radius 3 is 2.58 bits per heavy atom. The highest BCUT2D eigenvalue weighted by molar-refractivity contribution is 5.98. The fourth-order valence-electron chi connectivity index (χ4n) is 1.61. The molecular formula is C13H17FN2O3. The maximum absolute atomic E-state index is 12.9. The highest BCUT2D eigenvalue weighted by Gasteiger charge is 2.20. The molecule has 0 heterocycles. The van der Waals surface area contributed by atoms with Crippen LogP contribution >= 0.6 is 0 Å². The molecule has 104 valence electrons. The summed E-state index contributed by atoms with van der Waals surface area (Å²) in [6, 6.07) is 3.16. The van der Waals surface area contributed by atoms with Crippen LogP contribution < -0.4 is 5.32 Å². The van der Waals surface area contributed by atoms with E-state index in [0.717, 1.165) is 12.1 Å². The molecule has 19 heavy (non-hydrogen) atoms. The third kappa shape index (κ3) is 3.94. The largest absolute Gasteiger partial charge is 0.507 e. The van der Waals surface area contributed by atoms with E-state index in [9.17, 15) is 19.1 Å². The van der Waals surface area contributed by atoms with Crippen LogP contribution in [0.25, 0.3) is 0 Å². The molecule has 0 saturated carbocycles. The molecule has 0 radical (unpaired) electrons. The Hall–Kier alpha value is -2.11. The normalized spacial score (nSPS) is 10.1. The number of phenolic OH excluding ortho intramolecular Hbond substituents is 1. The monoisotopic (exact) mass is 268 g/mol. The number of benzene rings is 1. The van der Waals surface area contributed by atoms with Gasteiger partial charge in [0.25, 0.3) is 5.91 Å². The summed E-state index contributed by atoms with van der Waals surface area (Å²) in [5.74, 6) is -1.84. The summed E-state index contributed by atoms with van der Waals surface area (Å²) >= 11 is 0. The average molecular weight is 268 g/mol. The van der Waals surface area contributed by atoms with Gasteiger partial charge in [-0.2, -0.15) is 0 Å². The van der Waals surface area contributed by atoms with Crippen molar-refractivity contribution < 1.29 is 19.1 Å². The summed E-state index contributed by atoms with van der Waals surface area (Å²) < 4.78 is 12.9. The zero-order chi connectivity index (χ0) is 14.4. The Labute approximate surface area is 111 Å². The van der Waals surface area contributed by atoms with Crippen molar-refractivity contribution >= 4 is 11.8 Å². The summed E-state index contributed by atoms with van der Waals surface area (Å²) in [7, 11) is 0. The predicted octanol–water partition coefficient (Wildman–Crippen LogP) is 1.13. The van der Waals surface area contributed by atoms with Crippen LogP contribution in [0, 0.1) is 5.82 Å². The number of amides is 2. The van der Waals surface area contributed by atoms with Crippen molar-refractivity contribution in [1.29, 1.82) is 0 Å². The number of hydrogen-bond donors (Lipinski definition) is 2. The molecule has 0 aliphatic heterocycles. The first-order valence-corrected chi connectivity index (χ1v) is 6.04. The third-order valence-corrected chi connectivity index (χ3v) is 2.57. The second kappa shape index (κ2) is 6.72. The summed E-state index contributed by atoms with van der Waals surface area (Å²) in [5, 5.41) is 12.1. The van der Waals surface area contributed by atoms with E-state index in [1.165, 1.54) is 11.0 Å². The number of nitrogens with zero attached hydrogens (tertiary/aromatic N) is 1. The van der Waals surface area contributed by atoms with Crippen LogP contribution in [0.1, 0.15) is 24.2 Å². The number of phenols is 1. The smallest absolute Gasteiger partial charge is 0.258 e. The molecule has 1 aromatic carbocycles. The molecule has 0 saturated heterocycles. The molecule has 0 aliphatic rings. The first-order chi connectivity index (χ1) is 8.99. The van der Waals surface area contributed by atoms with Crippen LogP contribution in [0.15, 0.2) is 18.2 Å². The molecule has 0 spiro atoms. The van der Waals surface area contributed by atoms with E-state index in [1.807, 2.05) is 0 Å². The topological polar surface area (TPSA) is 69.6 Å². The van der Waals surface area contributed by atoms with Gasteiger partial charge in [-0.3, -0.25) is 9.59 Å². The Morgan fingerprint density at radius 2 is 2.05 bits per heavy atom. The van der Waals surface area contributed by atoms with Crippen molar-refractivity contribution in [1.82, 2.24) is 10.2 Å². The van der Waals surface area contributed by atoms with E-state index < -0.39 is 17.5 Å². The van der Waals surface area contributed by atoms with Gasteiger partial charge >= 0.3 is 0 Å². The van der Waals surface area contributed by atoms with Gasteiger partial charge in [-0.25, -0.2) is 4.39 Å². The van der Waals surface area contributed by atoms with Crippen LogP contribution in [0.5, 0.6) is 5.75 Å². The Bertz CT molecular complexity index is 477. The lowest BCUT2D eigenvalue weighted by Gasteiger charge is -2.20. The van der Waals surface area contributed by atoms with Gasteiger partial charge < -0.3 is 15.3 Å². The van der Waals surface area contributed by atoms with E-state index in [1.54, 1.807) is 13.8 Å². The third-order valence-electron chi connectivity index (χ3n) is 2.57. The highest BCUT2D eigenvalue weighted by Crippen LogP contribution is 2.19. The van der Waals surface area contributed by atoms with Crippen molar-refractivity contribution in [3.05, 3.63) is 29.6 Å². The number of hydrogen-bond acceptors (Lipinski definition) is 3. The predicted molar refractivity (Wildman–Crippen MR) is 68.3 cm³/mol. The lowest BCUT2D eigenvalue weighted by molar-refractivity contribution is -0.121. The minimum Gasteiger partial charge on any atom is -0.507 e. The zero-order valence-electron chi connectivity index (χ0n) is 10.9. The number of halogens is 1. The number of aromatic hydroxyl groups is 1. The lowest BCUT2D eigenvalue weighted by atomic mass is 10.1. The summed E-state index contributed by atoms with van der Waals surface area (Å²) in [4.78, 5) is 24.8. The van der Waals surface area contributed by atoms with Gasteiger partial charge in [-0.05, 0) is 26.0 Å². The van der Waals surface area contributed by atoms with E-state index in [0.29, 0.717) is 13.1 Å². The van der Waals surface area contributed by atoms with Gasteiger partial charge in [0.05, 0.1) is 12.1 Å². The maximum Gasteiger partial charge on any atom is 0.258 e. The van der Waals surface area contributed by atoms with Crippen molar-refractivity contribution in [2.24, 2.45) is 0 Å². The first-order valence-electron chi connectivity index (χ1n) is 6.04. The molecule has 0 aliphatic carbocycles. The average Bonchev–Trinajstić information content (AvgIpc) is 2.35. The molecule has 2 N–H and O–H groups in total. The van der Waals surface area contributed by atoms with Crippen LogP contribution in [-0.4, -0.2) is 41.5 Å². The Balaban J connectivity index is 2.86. The number of nitrogens with one attached hydrogen (secondary N) is 1. The quantitative estimate of drug-likeness (QED) is 0.841. The molecule has 5 nitrogen and oxygen atoms in total. The van der Waals surface area contributed by atoms with Gasteiger partial charge in [0.1, 0.15) is 11.6 Å². The van der Waals surface area contributed by atoms with Crippen molar-refractivity contribution in [3.8, 4) is 5.75 Å². The number of likely N-dealkylation sites (N-methyl/N-ethyl adjacent to an activating group) is 2. The molecule has 0 fully saturated rings. The van der Waals surface area contributed by atoms with Gasteiger partial charge in [0.2, 0.25) is 5.91 Å². The van der Waals surface area contributed by atoms with Gasteiger partial charge in [-0.1, -0.05) is 0 Å². The van der Waals surface area contributed by atoms with Crippen LogP contribution in [-0.2, 0) is 4.79 Å². The molecular weight excluding hydrogens is 251 g/mol. The van der Waals surface area contributed by atoms with Crippen LogP contribution in [0.2, 0.25) is 0 Å². The van der Waals surface area contributed by atoms with E-state index >= 15 is 0 Å². The molecule has 1 rings (SSSR count). The number of carbonyl (C=O) groups is 2. The number of carbonyl (C=O) groups excluding carboxylic acids is 2. The minimum absolute atomic E-state index is 0.0208. The second-order valence-electron chi connectivity index (χ2n) is 3.93. The minimum atomic E-state index is -0.624. The van der Waals surface area contributed by atoms with Crippen LogP contribution in [0.3, 0.4) is 0 Å². The summed E-state index contributed by atoms with van der Waals surface area (Å²) in [6.45, 7) is 4.19. The van der Waals surface area contributed by atoms with Crippen molar-refractivity contribution in [3.63, 3.8) is 0 Å². The first kappa shape index (κ1) is 14.9.